The van der Waals surface area contributed by atoms with Crippen LogP contribution in [0, 0.1) is 0 Å². The number of ether oxygens (including phenoxy) is 2. The maximum atomic E-state index is 11.6. The van der Waals surface area contributed by atoms with Gasteiger partial charge in [-0.3, -0.25) is 4.79 Å². The van der Waals surface area contributed by atoms with Crippen LogP contribution in [0.3, 0.4) is 0 Å². The lowest BCUT2D eigenvalue weighted by Gasteiger charge is -2.43. The molecule has 29 heavy (non-hydrogen) atoms. The average Bonchev–Trinajstić information content (AvgIpc) is 3.02. The van der Waals surface area contributed by atoms with Gasteiger partial charge >= 0.3 is 0 Å². The van der Waals surface area contributed by atoms with Crippen molar-refractivity contribution in [1.29, 1.82) is 0 Å². The largest absolute Gasteiger partial charge is 0.393 e. The van der Waals surface area contributed by atoms with Crippen molar-refractivity contribution in [3.8, 4) is 0 Å². The van der Waals surface area contributed by atoms with Gasteiger partial charge in [0.1, 0.15) is 5.60 Å². The molecule has 0 bridgehead atoms. The summed E-state index contributed by atoms with van der Waals surface area (Å²) in [7, 11) is 0. The Hall–Kier alpha value is -0.750. The Labute approximate surface area is 175 Å². The van der Waals surface area contributed by atoms with Gasteiger partial charge in [0.15, 0.2) is 11.6 Å². The van der Waals surface area contributed by atoms with Crippen molar-refractivity contribution in [2.75, 3.05) is 0 Å². The van der Waals surface area contributed by atoms with Gasteiger partial charge in [0.2, 0.25) is 0 Å². The van der Waals surface area contributed by atoms with Crippen LogP contribution in [0.1, 0.15) is 103 Å². The van der Waals surface area contributed by atoms with Gasteiger partial charge in [-0.15, -0.1) is 0 Å². The summed E-state index contributed by atoms with van der Waals surface area (Å²) in [4.78, 5) is 11.6. The number of aliphatic hydroxyl groups is 2. The van der Waals surface area contributed by atoms with E-state index >= 15 is 0 Å². The number of rotatable bonds is 10. The molecule has 0 aromatic carbocycles. The number of unbranched alkanes of at least 4 members (excludes halogenated alkanes) is 8. The Morgan fingerprint density at radius 2 is 1.72 bits per heavy atom. The van der Waals surface area contributed by atoms with Crippen molar-refractivity contribution in [1.82, 2.24) is 0 Å². The Kier molecular flexibility index (Phi) is 8.32. The minimum Gasteiger partial charge on any atom is -0.393 e. The summed E-state index contributed by atoms with van der Waals surface area (Å²) in [5, 5.41) is 20.9. The highest BCUT2D eigenvalue weighted by Crippen LogP contribution is 2.49. The third kappa shape index (κ3) is 6.13. The van der Waals surface area contributed by atoms with Gasteiger partial charge in [0.25, 0.3) is 0 Å². The van der Waals surface area contributed by atoms with Crippen LogP contribution >= 0.6 is 0 Å². The maximum Gasteiger partial charge on any atom is 0.172 e. The Morgan fingerprint density at radius 3 is 2.41 bits per heavy atom. The van der Waals surface area contributed by atoms with Gasteiger partial charge in [-0.25, -0.2) is 0 Å². The van der Waals surface area contributed by atoms with Crippen LogP contribution in [0.4, 0.5) is 0 Å². The van der Waals surface area contributed by atoms with E-state index in [1.165, 1.54) is 57.4 Å². The molecule has 0 amide bonds. The molecule has 5 heteroatoms. The molecule has 2 N–H and O–H groups in total. The molecule has 3 aliphatic rings. The van der Waals surface area contributed by atoms with E-state index in [2.05, 4.69) is 6.92 Å². The highest BCUT2D eigenvalue weighted by molar-refractivity contribution is 5.91. The van der Waals surface area contributed by atoms with Gasteiger partial charge in [-0.2, -0.15) is 0 Å². The van der Waals surface area contributed by atoms with Crippen LogP contribution in [-0.4, -0.2) is 45.7 Å². The minimum absolute atomic E-state index is 0.00444. The maximum absolute atomic E-state index is 11.6. The molecule has 2 fully saturated rings. The highest BCUT2D eigenvalue weighted by Gasteiger charge is 2.56. The molecule has 5 nitrogen and oxygen atoms in total. The number of aliphatic hydroxyl groups excluding tert-OH is 2. The van der Waals surface area contributed by atoms with Gasteiger partial charge in [0, 0.05) is 19.3 Å². The lowest BCUT2D eigenvalue weighted by atomic mass is 9.85. The lowest BCUT2D eigenvalue weighted by molar-refractivity contribution is -0.306. The first kappa shape index (κ1) is 22.9. The molecule has 5 atom stereocenters. The van der Waals surface area contributed by atoms with Crippen LogP contribution in [0.25, 0.3) is 0 Å². The lowest BCUT2D eigenvalue weighted by Crippen LogP contribution is -2.51. The van der Waals surface area contributed by atoms with Crippen LogP contribution in [0.2, 0.25) is 0 Å². The first-order valence-corrected chi connectivity index (χ1v) is 11.9. The number of ketones is 1. The van der Waals surface area contributed by atoms with Crippen molar-refractivity contribution in [3.63, 3.8) is 0 Å². The molecule has 2 saturated heterocycles. The molecule has 0 aromatic rings. The smallest absolute Gasteiger partial charge is 0.172 e. The Balaban J connectivity index is 1.42. The molecule has 0 unspecified atom stereocenters. The molecule has 2 aliphatic heterocycles. The Bertz CT molecular complexity index is 561. The molecule has 2 heterocycles. The zero-order chi connectivity index (χ0) is 20.7. The van der Waals surface area contributed by atoms with Gasteiger partial charge < -0.3 is 19.7 Å². The minimum atomic E-state index is -0.840. The van der Waals surface area contributed by atoms with Crippen molar-refractivity contribution in [2.24, 2.45) is 0 Å². The van der Waals surface area contributed by atoms with E-state index in [9.17, 15) is 15.0 Å². The van der Waals surface area contributed by atoms with Crippen LogP contribution in [-0.2, 0) is 14.3 Å². The summed E-state index contributed by atoms with van der Waals surface area (Å²) in [5.74, 6) is -0.895. The van der Waals surface area contributed by atoms with Crippen molar-refractivity contribution in [3.05, 3.63) is 12.2 Å². The predicted octanol–water partition coefficient (Wildman–Crippen LogP) is 4.58. The number of hydrogen-bond donors (Lipinski definition) is 2. The monoisotopic (exact) mass is 408 g/mol. The SMILES string of the molecule is CCCCCCCCCCC[C@H]1C[C@H](O)C[C@@]2(CC[C@@]3(C=CC(=O)C[C@H]3O)O2)O1. The van der Waals surface area contributed by atoms with Gasteiger partial charge in [-0.05, 0) is 31.4 Å². The van der Waals surface area contributed by atoms with Crippen molar-refractivity contribution < 1.29 is 24.5 Å². The first-order chi connectivity index (χ1) is 14.0. The molecule has 0 saturated carbocycles. The number of carbonyl (C=O) groups excluding carboxylic acids is 1. The fourth-order valence-corrected chi connectivity index (χ4v) is 5.19. The molecule has 2 spiro atoms. The summed E-state index contributed by atoms with van der Waals surface area (Å²) in [6.45, 7) is 2.25. The van der Waals surface area contributed by atoms with Crippen LogP contribution in [0.15, 0.2) is 12.2 Å². The number of hydrogen-bond acceptors (Lipinski definition) is 5. The third-order valence-electron chi connectivity index (χ3n) is 6.88. The van der Waals surface area contributed by atoms with E-state index in [1.807, 2.05) is 0 Å². The number of allylic oxidation sites excluding steroid dienone is 1. The summed E-state index contributed by atoms with van der Waals surface area (Å²) in [5.41, 5.74) is -0.840. The molecular formula is C24H40O5. The van der Waals surface area contributed by atoms with Gasteiger partial charge in [-0.1, -0.05) is 64.7 Å². The van der Waals surface area contributed by atoms with E-state index in [4.69, 9.17) is 9.47 Å². The van der Waals surface area contributed by atoms with E-state index in [0.717, 1.165) is 12.8 Å². The molecule has 0 aromatic heterocycles. The standard InChI is InChI=1S/C24H40O5/c1-2-3-4-5-6-7-8-9-10-11-21-16-20(26)18-24(28-21)15-14-23(29-24)13-12-19(25)17-22(23)27/h12-13,20-22,26-27H,2-11,14-18H2,1H3/t20-,21-,22+,23+,24-/m0/s1. The zero-order valence-corrected chi connectivity index (χ0v) is 18.1. The first-order valence-electron chi connectivity index (χ1n) is 11.9. The quantitative estimate of drug-likeness (QED) is 0.517. The molecule has 0 radical (unpaired) electrons. The number of carbonyl (C=O) groups is 1. The van der Waals surface area contributed by atoms with E-state index in [-0.39, 0.29) is 18.3 Å². The second-order valence-electron chi connectivity index (χ2n) is 9.44. The van der Waals surface area contributed by atoms with Crippen LogP contribution < -0.4 is 0 Å². The molecule has 166 valence electrons. The Morgan fingerprint density at radius 1 is 1.03 bits per heavy atom. The second-order valence-corrected chi connectivity index (χ2v) is 9.44. The van der Waals surface area contributed by atoms with Crippen LogP contribution in [0.5, 0.6) is 0 Å². The zero-order valence-electron chi connectivity index (χ0n) is 18.1. The van der Waals surface area contributed by atoms with Gasteiger partial charge in [0.05, 0.1) is 18.3 Å². The summed E-state index contributed by atoms with van der Waals surface area (Å²) in [6, 6.07) is 0. The van der Waals surface area contributed by atoms with E-state index < -0.39 is 23.6 Å². The second kappa shape index (κ2) is 10.5. The molecular weight excluding hydrogens is 368 g/mol. The predicted molar refractivity (Wildman–Crippen MR) is 113 cm³/mol. The molecule has 3 rings (SSSR count). The van der Waals surface area contributed by atoms with E-state index in [0.29, 0.717) is 25.7 Å². The fourth-order valence-electron chi connectivity index (χ4n) is 5.19. The highest BCUT2D eigenvalue weighted by atomic mass is 16.7. The third-order valence-corrected chi connectivity index (χ3v) is 6.88. The van der Waals surface area contributed by atoms with Crippen molar-refractivity contribution in [2.45, 2.75) is 133 Å². The normalized spacial score (nSPS) is 37.1. The summed E-state index contributed by atoms with van der Waals surface area (Å²) < 4.78 is 12.7. The summed E-state index contributed by atoms with van der Waals surface area (Å²) in [6.07, 6.45) is 17.0. The average molecular weight is 409 g/mol. The summed E-state index contributed by atoms with van der Waals surface area (Å²) >= 11 is 0. The topological polar surface area (TPSA) is 76.0 Å². The van der Waals surface area contributed by atoms with Crippen molar-refractivity contribution >= 4 is 5.78 Å². The fraction of sp³-hybridized carbons (Fsp3) is 0.875. The van der Waals surface area contributed by atoms with E-state index in [1.54, 1.807) is 6.08 Å². The molecule has 1 aliphatic carbocycles.